The van der Waals surface area contributed by atoms with Gasteiger partial charge < -0.3 is 9.47 Å². The Morgan fingerprint density at radius 1 is 1.36 bits per heavy atom. The largest absolute Gasteiger partial charge is 0.573 e. The van der Waals surface area contributed by atoms with Crippen LogP contribution in [0, 0.1) is 0 Å². The van der Waals surface area contributed by atoms with Crippen molar-refractivity contribution in [2.24, 2.45) is 0 Å². The Bertz CT molecular complexity index is 246. The Hall–Kier alpha value is -1.12. The minimum atomic E-state index is -5.20. The van der Waals surface area contributed by atoms with Crippen LogP contribution in [0.3, 0.4) is 0 Å². The standard InChI is InChI=1S/C5H2F6O3/c6-3-2(13-4(7,8)9)1-12-5(10,11)14-3/h1,3H. The molecule has 9 heteroatoms. The molecule has 1 atom stereocenters. The second kappa shape index (κ2) is 3.23. The van der Waals surface area contributed by atoms with Crippen LogP contribution in [0.4, 0.5) is 26.3 Å². The Labute approximate surface area is 72.8 Å². The van der Waals surface area contributed by atoms with Gasteiger partial charge in [0.15, 0.2) is 0 Å². The van der Waals surface area contributed by atoms with Crippen LogP contribution in [-0.4, -0.2) is 19.0 Å². The van der Waals surface area contributed by atoms with Crippen LogP contribution < -0.4 is 0 Å². The van der Waals surface area contributed by atoms with Gasteiger partial charge in [0.1, 0.15) is 6.26 Å². The molecule has 3 nitrogen and oxygen atoms in total. The minimum Gasteiger partial charge on any atom is -0.413 e. The van der Waals surface area contributed by atoms with Crippen LogP contribution in [0.25, 0.3) is 0 Å². The molecule has 0 spiro atoms. The van der Waals surface area contributed by atoms with Gasteiger partial charge >= 0.3 is 12.7 Å². The van der Waals surface area contributed by atoms with Crippen molar-refractivity contribution in [3.8, 4) is 0 Å². The smallest absolute Gasteiger partial charge is 0.413 e. The summed E-state index contributed by atoms with van der Waals surface area (Å²) in [5, 5.41) is 0. The SMILES string of the molecule is FC1OC(F)(F)OC=C1OC(F)(F)F. The fourth-order valence-electron chi connectivity index (χ4n) is 0.590. The van der Waals surface area contributed by atoms with Gasteiger partial charge in [-0.25, -0.2) is 9.13 Å². The lowest BCUT2D eigenvalue weighted by atomic mass is 10.5. The fourth-order valence-corrected chi connectivity index (χ4v) is 0.590. The van der Waals surface area contributed by atoms with Gasteiger partial charge in [-0.15, -0.1) is 22.0 Å². The zero-order valence-corrected chi connectivity index (χ0v) is 6.15. The summed E-state index contributed by atoms with van der Waals surface area (Å²) in [5.41, 5.74) is 0. The molecule has 0 N–H and O–H groups in total. The number of hydrogen-bond donors (Lipinski definition) is 0. The highest BCUT2D eigenvalue weighted by atomic mass is 19.4. The van der Waals surface area contributed by atoms with Gasteiger partial charge in [0.25, 0.3) is 6.36 Å². The normalized spacial score (nSPS) is 26.4. The fraction of sp³-hybridized carbons (Fsp3) is 0.600. The summed E-state index contributed by atoms with van der Waals surface area (Å²) in [6, 6.07) is 0. The summed E-state index contributed by atoms with van der Waals surface area (Å²) in [7, 11) is 0. The molecule has 0 aliphatic carbocycles. The molecule has 0 bridgehead atoms. The maximum absolute atomic E-state index is 12.4. The van der Waals surface area contributed by atoms with E-state index in [1.54, 1.807) is 0 Å². The van der Waals surface area contributed by atoms with E-state index in [2.05, 4.69) is 14.2 Å². The molecule has 1 aliphatic rings. The molecule has 82 valence electrons. The summed E-state index contributed by atoms with van der Waals surface area (Å²) in [6.45, 7) is 0. The van der Waals surface area contributed by atoms with Crippen molar-refractivity contribution in [3.63, 3.8) is 0 Å². The van der Waals surface area contributed by atoms with E-state index in [-0.39, 0.29) is 6.26 Å². The summed E-state index contributed by atoms with van der Waals surface area (Å²) in [6.07, 6.45) is -12.7. The highest BCUT2D eigenvalue weighted by molar-refractivity contribution is 4.94. The van der Waals surface area contributed by atoms with Crippen LogP contribution in [0.15, 0.2) is 12.0 Å². The van der Waals surface area contributed by atoms with Crippen LogP contribution in [0.2, 0.25) is 0 Å². The summed E-state index contributed by atoms with van der Waals surface area (Å²) in [5.74, 6) is -1.52. The molecule has 1 heterocycles. The lowest BCUT2D eigenvalue weighted by Crippen LogP contribution is -2.34. The number of alkyl halides is 6. The first-order chi connectivity index (χ1) is 6.20. The second-order valence-corrected chi connectivity index (χ2v) is 2.08. The van der Waals surface area contributed by atoms with Crippen LogP contribution in [0.5, 0.6) is 0 Å². The van der Waals surface area contributed by atoms with Crippen molar-refractivity contribution in [2.45, 2.75) is 19.0 Å². The van der Waals surface area contributed by atoms with Gasteiger partial charge in [0, 0.05) is 0 Å². The number of hydrogen-bond acceptors (Lipinski definition) is 3. The van der Waals surface area contributed by atoms with E-state index in [0.29, 0.717) is 0 Å². The van der Waals surface area contributed by atoms with E-state index in [1.807, 2.05) is 0 Å². The number of halogens is 6. The summed E-state index contributed by atoms with van der Waals surface area (Å²) < 4.78 is 80.2. The highest BCUT2D eigenvalue weighted by Crippen LogP contribution is 2.32. The van der Waals surface area contributed by atoms with Crippen molar-refractivity contribution in [2.75, 3.05) is 0 Å². The predicted molar refractivity (Wildman–Crippen MR) is 27.2 cm³/mol. The van der Waals surface area contributed by atoms with E-state index < -0.39 is 24.8 Å². The first-order valence-corrected chi connectivity index (χ1v) is 3.03. The van der Waals surface area contributed by atoms with Crippen molar-refractivity contribution in [1.29, 1.82) is 0 Å². The maximum atomic E-state index is 12.4. The molecule has 0 saturated carbocycles. The zero-order chi connectivity index (χ0) is 11.0. The Morgan fingerprint density at radius 3 is 2.36 bits per heavy atom. The van der Waals surface area contributed by atoms with Crippen molar-refractivity contribution in [1.82, 2.24) is 0 Å². The molecule has 0 aromatic carbocycles. The molecular formula is C5H2F6O3. The second-order valence-electron chi connectivity index (χ2n) is 2.08. The van der Waals surface area contributed by atoms with E-state index in [0.717, 1.165) is 0 Å². The third kappa shape index (κ3) is 2.98. The van der Waals surface area contributed by atoms with E-state index >= 15 is 0 Å². The third-order valence-electron chi connectivity index (χ3n) is 1.01. The first-order valence-electron chi connectivity index (χ1n) is 3.03. The molecule has 0 aromatic rings. The molecule has 1 unspecified atom stereocenters. The van der Waals surface area contributed by atoms with Crippen LogP contribution >= 0.6 is 0 Å². The average molecular weight is 224 g/mol. The lowest BCUT2D eigenvalue weighted by molar-refractivity contribution is -0.421. The molecule has 0 amide bonds. The summed E-state index contributed by atoms with van der Waals surface area (Å²) >= 11 is 0. The minimum absolute atomic E-state index is 0.193. The lowest BCUT2D eigenvalue weighted by Gasteiger charge is -2.24. The van der Waals surface area contributed by atoms with Gasteiger partial charge in [0.2, 0.25) is 5.76 Å². The predicted octanol–water partition coefficient (Wildman–Crippen LogP) is 2.26. The van der Waals surface area contributed by atoms with Gasteiger partial charge in [-0.05, 0) is 0 Å². The first kappa shape index (κ1) is 11.0. The van der Waals surface area contributed by atoms with Crippen molar-refractivity contribution in [3.05, 3.63) is 12.0 Å². The quantitative estimate of drug-likeness (QED) is 0.639. The molecule has 0 radical (unpaired) electrons. The molecule has 0 fully saturated rings. The van der Waals surface area contributed by atoms with Crippen LogP contribution in [-0.2, 0) is 14.2 Å². The molecule has 0 saturated heterocycles. The maximum Gasteiger partial charge on any atom is 0.573 e. The van der Waals surface area contributed by atoms with E-state index in [4.69, 9.17) is 0 Å². The highest BCUT2D eigenvalue weighted by Gasteiger charge is 2.45. The molecule has 0 aromatic heterocycles. The molecule has 1 rings (SSSR count). The Kier molecular flexibility index (Phi) is 2.52. The Balaban J connectivity index is 2.68. The van der Waals surface area contributed by atoms with Gasteiger partial charge in [-0.2, -0.15) is 0 Å². The van der Waals surface area contributed by atoms with Crippen LogP contribution in [0.1, 0.15) is 0 Å². The van der Waals surface area contributed by atoms with Crippen molar-refractivity contribution < 1.29 is 40.6 Å². The number of rotatable bonds is 1. The molecule has 1 aliphatic heterocycles. The monoisotopic (exact) mass is 224 g/mol. The zero-order valence-electron chi connectivity index (χ0n) is 6.15. The third-order valence-corrected chi connectivity index (χ3v) is 1.01. The average Bonchev–Trinajstić information content (AvgIpc) is 1.92. The van der Waals surface area contributed by atoms with Crippen molar-refractivity contribution >= 4 is 0 Å². The number of ether oxygens (including phenoxy) is 3. The van der Waals surface area contributed by atoms with Gasteiger partial charge in [-0.3, -0.25) is 0 Å². The molecular weight excluding hydrogens is 222 g/mol. The Morgan fingerprint density at radius 2 is 1.93 bits per heavy atom. The molecule has 14 heavy (non-hydrogen) atoms. The van der Waals surface area contributed by atoms with Gasteiger partial charge in [0.05, 0.1) is 0 Å². The van der Waals surface area contributed by atoms with E-state index in [1.165, 1.54) is 0 Å². The topological polar surface area (TPSA) is 27.7 Å². The van der Waals surface area contributed by atoms with Gasteiger partial charge in [-0.1, -0.05) is 0 Å². The van der Waals surface area contributed by atoms with E-state index in [9.17, 15) is 26.3 Å². The summed E-state index contributed by atoms with van der Waals surface area (Å²) in [4.78, 5) is 0.